The maximum atomic E-state index is 12.7. The highest BCUT2D eigenvalue weighted by Crippen LogP contribution is 2.28. The first kappa shape index (κ1) is 16.5. The summed E-state index contributed by atoms with van der Waals surface area (Å²) in [6.07, 6.45) is 1.22. The fraction of sp³-hybridized carbons (Fsp3) is 0.529. The Morgan fingerprint density at radius 3 is 2.77 bits per heavy atom. The van der Waals surface area contributed by atoms with E-state index in [0.29, 0.717) is 30.8 Å². The van der Waals surface area contributed by atoms with Gasteiger partial charge in [0.25, 0.3) is 5.91 Å². The number of hydrogen-bond acceptors (Lipinski definition) is 3. The topological polar surface area (TPSA) is 75.4 Å². The van der Waals surface area contributed by atoms with Gasteiger partial charge >= 0.3 is 0 Å². The molecule has 1 fully saturated rings. The summed E-state index contributed by atoms with van der Waals surface area (Å²) in [5, 5.41) is 2.78. The summed E-state index contributed by atoms with van der Waals surface area (Å²) in [7, 11) is 0. The molecule has 0 bridgehead atoms. The van der Waals surface area contributed by atoms with E-state index in [1.165, 1.54) is 0 Å². The summed E-state index contributed by atoms with van der Waals surface area (Å²) in [4.78, 5) is 26.0. The van der Waals surface area contributed by atoms with Gasteiger partial charge in [0.2, 0.25) is 5.91 Å². The van der Waals surface area contributed by atoms with E-state index in [-0.39, 0.29) is 23.3 Å². The first-order valence-electron chi connectivity index (χ1n) is 7.78. The molecular weight excluding hydrogens is 278 g/mol. The van der Waals surface area contributed by atoms with Crippen LogP contribution < -0.4 is 11.1 Å². The van der Waals surface area contributed by atoms with E-state index in [2.05, 4.69) is 19.2 Å². The van der Waals surface area contributed by atoms with Crippen LogP contribution in [0.25, 0.3) is 0 Å². The zero-order valence-corrected chi connectivity index (χ0v) is 13.6. The molecule has 3 N–H and O–H groups in total. The molecule has 1 aromatic rings. The van der Waals surface area contributed by atoms with Crippen LogP contribution in [0.3, 0.4) is 0 Å². The third-order valence-electron chi connectivity index (χ3n) is 4.31. The smallest absolute Gasteiger partial charge is 0.253 e. The lowest BCUT2D eigenvalue weighted by atomic mass is 9.79. The lowest BCUT2D eigenvalue weighted by molar-refractivity contribution is -0.115. The first-order valence-corrected chi connectivity index (χ1v) is 7.78. The molecule has 1 atom stereocenters. The Balaban J connectivity index is 2.13. The molecule has 22 heavy (non-hydrogen) atoms. The molecule has 0 saturated carbocycles. The van der Waals surface area contributed by atoms with Crippen LogP contribution in [0.5, 0.6) is 0 Å². The van der Waals surface area contributed by atoms with Gasteiger partial charge in [-0.3, -0.25) is 9.59 Å². The van der Waals surface area contributed by atoms with Crippen LogP contribution in [0.1, 0.15) is 44.0 Å². The molecule has 0 radical (unpaired) electrons. The van der Waals surface area contributed by atoms with Crippen LogP contribution in [0, 0.1) is 5.41 Å². The molecule has 1 unspecified atom stereocenters. The van der Waals surface area contributed by atoms with Gasteiger partial charge < -0.3 is 16.0 Å². The molecule has 0 aromatic heterocycles. The van der Waals surface area contributed by atoms with E-state index in [4.69, 9.17) is 5.73 Å². The van der Waals surface area contributed by atoms with Crippen LogP contribution in [0.15, 0.2) is 24.3 Å². The summed E-state index contributed by atoms with van der Waals surface area (Å²) >= 11 is 0. The van der Waals surface area contributed by atoms with Gasteiger partial charge in [-0.2, -0.15) is 0 Å². The van der Waals surface area contributed by atoms with Crippen molar-refractivity contribution in [3.8, 4) is 0 Å². The van der Waals surface area contributed by atoms with E-state index >= 15 is 0 Å². The Morgan fingerprint density at radius 1 is 1.41 bits per heavy atom. The SMILES string of the molecule is CCC(=O)Nc1cccc(C(=O)N2CCC(N)C(C)(C)C2)c1. The van der Waals surface area contributed by atoms with Gasteiger partial charge in [0, 0.05) is 36.8 Å². The number of nitrogens with two attached hydrogens (primary N) is 1. The number of benzene rings is 1. The van der Waals surface area contributed by atoms with Crippen molar-refractivity contribution in [2.75, 3.05) is 18.4 Å². The standard InChI is InChI=1S/C17H25N3O2/c1-4-15(21)19-13-7-5-6-12(10-13)16(22)20-9-8-14(18)17(2,3)11-20/h5-7,10,14H,4,8-9,11,18H2,1-3H3,(H,19,21). The zero-order valence-electron chi connectivity index (χ0n) is 13.6. The Bertz CT molecular complexity index is 569. The first-order chi connectivity index (χ1) is 10.3. The Hall–Kier alpha value is -1.88. The summed E-state index contributed by atoms with van der Waals surface area (Å²) in [5.41, 5.74) is 7.30. The molecular formula is C17H25N3O2. The molecule has 5 nitrogen and oxygen atoms in total. The maximum absolute atomic E-state index is 12.7. The second-order valence-electron chi connectivity index (χ2n) is 6.59. The maximum Gasteiger partial charge on any atom is 0.253 e. The molecule has 1 aliphatic rings. The quantitative estimate of drug-likeness (QED) is 0.899. The van der Waals surface area contributed by atoms with Crippen molar-refractivity contribution < 1.29 is 9.59 Å². The number of piperidine rings is 1. The largest absolute Gasteiger partial charge is 0.338 e. The minimum absolute atomic E-state index is 0.00688. The van der Waals surface area contributed by atoms with Crippen LogP contribution in [-0.4, -0.2) is 35.8 Å². The van der Waals surface area contributed by atoms with Crippen LogP contribution in [0.2, 0.25) is 0 Å². The number of anilines is 1. The van der Waals surface area contributed by atoms with Crippen molar-refractivity contribution in [1.82, 2.24) is 4.90 Å². The lowest BCUT2D eigenvalue weighted by Gasteiger charge is -2.42. The average molecular weight is 303 g/mol. The normalized spacial score (nSPS) is 20.5. The molecule has 1 aliphatic heterocycles. The van der Waals surface area contributed by atoms with Crippen molar-refractivity contribution in [3.63, 3.8) is 0 Å². The number of rotatable bonds is 3. The second-order valence-corrected chi connectivity index (χ2v) is 6.59. The van der Waals surface area contributed by atoms with E-state index in [9.17, 15) is 9.59 Å². The molecule has 1 saturated heterocycles. The van der Waals surface area contributed by atoms with Gasteiger partial charge in [0.15, 0.2) is 0 Å². The molecule has 0 aliphatic carbocycles. The molecule has 2 rings (SSSR count). The molecule has 0 spiro atoms. The fourth-order valence-corrected chi connectivity index (χ4v) is 2.71. The van der Waals surface area contributed by atoms with Crippen molar-refractivity contribution >= 4 is 17.5 Å². The number of amides is 2. The minimum atomic E-state index is -0.0814. The van der Waals surface area contributed by atoms with Gasteiger partial charge in [-0.05, 0) is 30.0 Å². The predicted molar refractivity (Wildman–Crippen MR) is 87.6 cm³/mol. The third-order valence-corrected chi connectivity index (χ3v) is 4.31. The number of carbonyl (C=O) groups is 2. The highest BCUT2D eigenvalue weighted by molar-refractivity contribution is 5.97. The van der Waals surface area contributed by atoms with Crippen molar-refractivity contribution in [2.45, 2.75) is 39.7 Å². The Morgan fingerprint density at radius 2 is 2.14 bits per heavy atom. The van der Waals surface area contributed by atoms with Crippen molar-refractivity contribution in [3.05, 3.63) is 29.8 Å². The highest BCUT2D eigenvalue weighted by atomic mass is 16.2. The van der Waals surface area contributed by atoms with Gasteiger partial charge in [0.1, 0.15) is 0 Å². The monoisotopic (exact) mass is 303 g/mol. The third kappa shape index (κ3) is 3.65. The fourth-order valence-electron chi connectivity index (χ4n) is 2.71. The highest BCUT2D eigenvalue weighted by Gasteiger charge is 2.35. The number of nitrogens with one attached hydrogen (secondary N) is 1. The van der Waals surface area contributed by atoms with Crippen LogP contribution >= 0.6 is 0 Å². The number of likely N-dealkylation sites (tertiary alicyclic amines) is 1. The second kappa shape index (κ2) is 6.48. The van der Waals surface area contributed by atoms with E-state index in [1.807, 2.05) is 4.90 Å². The van der Waals surface area contributed by atoms with E-state index in [0.717, 1.165) is 6.42 Å². The molecule has 5 heteroatoms. The summed E-state index contributed by atoms with van der Waals surface area (Å²) < 4.78 is 0. The van der Waals surface area contributed by atoms with Gasteiger partial charge in [-0.15, -0.1) is 0 Å². The minimum Gasteiger partial charge on any atom is -0.338 e. The predicted octanol–water partition coefficient (Wildman–Crippen LogP) is 2.23. The van der Waals surface area contributed by atoms with Crippen molar-refractivity contribution in [2.24, 2.45) is 11.1 Å². The molecule has 2 amide bonds. The van der Waals surface area contributed by atoms with Crippen LogP contribution in [-0.2, 0) is 4.79 Å². The van der Waals surface area contributed by atoms with Gasteiger partial charge in [-0.25, -0.2) is 0 Å². The van der Waals surface area contributed by atoms with Crippen LogP contribution in [0.4, 0.5) is 5.69 Å². The molecule has 1 aromatic carbocycles. The summed E-state index contributed by atoms with van der Waals surface area (Å²) in [6, 6.07) is 7.22. The summed E-state index contributed by atoms with van der Waals surface area (Å²) in [5.74, 6) is -0.0674. The summed E-state index contributed by atoms with van der Waals surface area (Å²) in [6.45, 7) is 7.31. The lowest BCUT2D eigenvalue weighted by Crippen LogP contribution is -2.54. The average Bonchev–Trinajstić information content (AvgIpc) is 2.49. The zero-order chi connectivity index (χ0) is 16.3. The molecule has 1 heterocycles. The van der Waals surface area contributed by atoms with E-state index in [1.54, 1.807) is 31.2 Å². The van der Waals surface area contributed by atoms with Gasteiger partial charge in [-0.1, -0.05) is 26.8 Å². The number of nitrogens with zero attached hydrogens (tertiary/aromatic N) is 1. The number of carbonyl (C=O) groups excluding carboxylic acids is 2. The Labute approximate surface area is 131 Å². The number of hydrogen-bond donors (Lipinski definition) is 2. The Kier molecular flexibility index (Phi) is 4.86. The molecule has 120 valence electrons. The van der Waals surface area contributed by atoms with Gasteiger partial charge in [0.05, 0.1) is 0 Å². The van der Waals surface area contributed by atoms with Crippen molar-refractivity contribution in [1.29, 1.82) is 0 Å². The van der Waals surface area contributed by atoms with E-state index < -0.39 is 0 Å².